The van der Waals surface area contributed by atoms with Crippen molar-refractivity contribution < 1.29 is 19.8 Å². The van der Waals surface area contributed by atoms with Crippen LogP contribution in [0.5, 0.6) is 0 Å². The lowest BCUT2D eigenvalue weighted by Gasteiger charge is -2.26. The Morgan fingerprint density at radius 3 is 2.76 bits per heavy atom. The molecule has 3 atom stereocenters. The van der Waals surface area contributed by atoms with Gasteiger partial charge in [0, 0.05) is 25.4 Å². The topological polar surface area (TPSA) is 77.8 Å². The number of benzene rings is 1. The van der Waals surface area contributed by atoms with Crippen molar-refractivity contribution in [3.05, 3.63) is 34.9 Å². The number of hydrogen-bond donors (Lipinski definition) is 2. The van der Waals surface area contributed by atoms with Gasteiger partial charge in [0.25, 0.3) is 5.91 Å². The number of nitrogens with zero attached hydrogens (tertiary/aromatic N) is 1. The lowest BCUT2D eigenvalue weighted by molar-refractivity contribution is -0.147. The normalized spacial score (nSPS) is 29.5. The second kappa shape index (κ2) is 5.24. The van der Waals surface area contributed by atoms with Crippen LogP contribution < -0.4 is 0 Å². The Balaban J connectivity index is 2.11. The summed E-state index contributed by atoms with van der Waals surface area (Å²) in [6, 6.07) is 5.91. The third-order valence-electron chi connectivity index (χ3n) is 4.45. The van der Waals surface area contributed by atoms with E-state index in [9.17, 15) is 19.8 Å². The second-order valence-electron chi connectivity index (χ2n) is 5.99. The van der Waals surface area contributed by atoms with Crippen LogP contribution in [0, 0.1) is 6.92 Å². The predicted molar refractivity (Wildman–Crippen MR) is 75.6 cm³/mol. The zero-order valence-electron chi connectivity index (χ0n) is 12.0. The molecule has 112 valence electrons. The highest BCUT2D eigenvalue weighted by atomic mass is 16.3. The van der Waals surface area contributed by atoms with Crippen LogP contribution >= 0.6 is 0 Å². The molecule has 1 aromatic carbocycles. The SMILES string of the molecule is Cc1ccc2c(c1)C1CCN(C2)C(=O)C(O)C(O)CC1=O. The maximum Gasteiger partial charge on any atom is 0.254 e. The molecule has 1 aromatic rings. The van der Waals surface area contributed by atoms with Gasteiger partial charge in [-0.05, 0) is 24.5 Å². The molecule has 1 fully saturated rings. The number of aliphatic hydroxyl groups excluding tert-OH is 2. The van der Waals surface area contributed by atoms with E-state index in [1.165, 1.54) is 0 Å². The summed E-state index contributed by atoms with van der Waals surface area (Å²) >= 11 is 0. The Kier molecular flexibility index (Phi) is 3.55. The fourth-order valence-electron chi connectivity index (χ4n) is 3.24. The van der Waals surface area contributed by atoms with E-state index in [0.29, 0.717) is 19.5 Å². The van der Waals surface area contributed by atoms with Crippen molar-refractivity contribution in [3.8, 4) is 0 Å². The van der Waals surface area contributed by atoms with Crippen molar-refractivity contribution in [3.63, 3.8) is 0 Å². The molecular weight excluding hydrogens is 270 g/mol. The molecule has 3 unspecified atom stereocenters. The van der Waals surface area contributed by atoms with E-state index in [-0.39, 0.29) is 18.1 Å². The Morgan fingerprint density at radius 1 is 1.24 bits per heavy atom. The molecule has 0 aromatic heterocycles. The van der Waals surface area contributed by atoms with Gasteiger partial charge in [0.1, 0.15) is 5.78 Å². The standard InChI is InChI=1S/C16H19NO4/c1-9-2-3-10-8-17-5-4-11(12(10)6-9)13(18)7-14(19)15(20)16(17)21/h2-3,6,11,14-15,19-20H,4-5,7-8H2,1H3. The monoisotopic (exact) mass is 289 g/mol. The van der Waals surface area contributed by atoms with Crippen LogP contribution in [-0.2, 0) is 16.1 Å². The number of fused-ring (bicyclic) bond motifs is 5. The average Bonchev–Trinajstić information content (AvgIpc) is 2.62. The van der Waals surface area contributed by atoms with E-state index in [2.05, 4.69) is 0 Å². The van der Waals surface area contributed by atoms with Crippen LogP contribution in [0.3, 0.4) is 0 Å². The molecule has 0 radical (unpaired) electrons. The fourth-order valence-corrected chi connectivity index (χ4v) is 3.24. The lowest BCUT2D eigenvalue weighted by Crippen LogP contribution is -2.44. The molecule has 0 spiro atoms. The van der Waals surface area contributed by atoms with E-state index in [1.807, 2.05) is 25.1 Å². The minimum Gasteiger partial charge on any atom is -0.389 e. The number of rotatable bonds is 0. The smallest absolute Gasteiger partial charge is 0.254 e. The minimum atomic E-state index is -1.51. The Morgan fingerprint density at radius 2 is 2.00 bits per heavy atom. The average molecular weight is 289 g/mol. The lowest BCUT2D eigenvalue weighted by atomic mass is 9.85. The highest BCUT2D eigenvalue weighted by Crippen LogP contribution is 2.33. The number of ketones is 1. The molecule has 0 saturated carbocycles. The zero-order chi connectivity index (χ0) is 15.1. The van der Waals surface area contributed by atoms with Gasteiger partial charge in [0.2, 0.25) is 0 Å². The van der Waals surface area contributed by atoms with Gasteiger partial charge in [-0.2, -0.15) is 0 Å². The number of hydrogen-bond acceptors (Lipinski definition) is 4. The highest BCUT2D eigenvalue weighted by Gasteiger charge is 2.38. The summed E-state index contributed by atoms with van der Waals surface area (Å²) in [6.45, 7) is 2.77. The summed E-state index contributed by atoms with van der Waals surface area (Å²) in [4.78, 5) is 26.3. The number of carbonyl (C=O) groups excluding carboxylic acids is 2. The number of Topliss-reactive ketones (excluding diaryl/α,β-unsaturated/α-hetero) is 1. The molecule has 2 heterocycles. The van der Waals surface area contributed by atoms with Gasteiger partial charge in [-0.15, -0.1) is 0 Å². The van der Waals surface area contributed by atoms with Gasteiger partial charge in [-0.25, -0.2) is 0 Å². The molecule has 3 rings (SSSR count). The van der Waals surface area contributed by atoms with Crippen LogP contribution in [0.15, 0.2) is 18.2 Å². The molecule has 2 N–H and O–H groups in total. The fraction of sp³-hybridized carbons (Fsp3) is 0.500. The molecule has 5 heteroatoms. The first kappa shape index (κ1) is 14.2. The van der Waals surface area contributed by atoms with Gasteiger partial charge in [0.15, 0.2) is 6.10 Å². The summed E-state index contributed by atoms with van der Waals surface area (Å²) in [5.74, 6) is -0.910. The van der Waals surface area contributed by atoms with Crippen LogP contribution in [0.4, 0.5) is 0 Å². The third kappa shape index (κ3) is 2.47. The van der Waals surface area contributed by atoms with Crippen molar-refractivity contribution in [1.29, 1.82) is 0 Å². The Bertz CT molecular complexity index is 598. The number of aliphatic hydroxyl groups is 2. The van der Waals surface area contributed by atoms with E-state index in [0.717, 1.165) is 16.7 Å². The molecule has 0 aliphatic carbocycles. The minimum absolute atomic E-state index is 0.107. The largest absolute Gasteiger partial charge is 0.389 e. The van der Waals surface area contributed by atoms with Crippen molar-refractivity contribution in [2.45, 2.75) is 44.4 Å². The van der Waals surface area contributed by atoms with E-state index < -0.39 is 18.1 Å². The quantitative estimate of drug-likeness (QED) is 0.729. The Hall–Kier alpha value is -1.72. The molecule has 2 aliphatic heterocycles. The first-order valence-corrected chi connectivity index (χ1v) is 7.24. The van der Waals surface area contributed by atoms with Gasteiger partial charge in [0.05, 0.1) is 6.10 Å². The molecule has 1 amide bonds. The summed E-state index contributed by atoms with van der Waals surface area (Å²) in [5, 5.41) is 19.8. The highest BCUT2D eigenvalue weighted by molar-refractivity contribution is 5.89. The molecule has 5 nitrogen and oxygen atoms in total. The van der Waals surface area contributed by atoms with Gasteiger partial charge in [-0.1, -0.05) is 23.8 Å². The van der Waals surface area contributed by atoms with E-state index >= 15 is 0 Å². The third-order valence-corrected chi connectivity index (χ3v) is 4.45. The Labute approximate surface area is 123 Å². The number of carbonyl (C=O) groups is 2. The van der Waals surface area contributed by atoms with Gasteiger partial charge in [-0.3, -0.25) is 9.59 Å². The maximum atomic E-state index is 12.5. The van der Waals surface area contributed by atoms with Crippen molar-refractivity contribution >= 4 is 11.7 Å². The summed E-state index contributed by atoms with van der Waals surface area (Å²) < 4.78 is 0. The molecule has 21 heavy (non-hydrogen) atoms. The molecular formula is C16H19NO4. The van der Waals surface area contributed by atoms with Crippen molar-refractivity contribution in [2.24, 2.45) is 0 Å². The molecule has 1 saturated heterocycles. The maximum absolute atomic E-state index is 12.5. The zero-order valence-corrected chi connectivity index (χ0v) is 12.0. The van der Waals surface area contributed by atoms with E-state index in [4.69, 9.17) is 0 Å². The van der Waals surface area contributed by atoms with Gasteiger partial charge < -0.3 is 15.1 Å². The first-order valence-electron chi connectivity index (χ1n) is 7.24. The van der Waals surface area contributed by atoms with Crippen LogP contribution in [0.2, 0.25) is 0 Å². The summed E-state index contributed by atoms with van der Waals surface area (Å²) in [6.07, 6.45) is -2.47. The van der Waals surface area contributed by atoms with Crippen molar-refractivity contribution in [1.82, 2.24) is 4.90 Å². The molecule has 2 bridgehead atoms. The first-order chi connectivity index (χ1) is 9.97. The van der Waals surface area contributed by atoms with Crippen molar-refractivity contribution in [2.75, 3.05) is 6.54 Å². The van der Waals surface area contributed by atoms with Crippen LogP contribution in [-0.4, -0.2) is 45.6 Å². The summed E-state index contributed by atoms with van der Waals surface area (Å²) in [5.41, 5.74) is 2.98. The second-order valence-corrected chi connectivity index (χ2v) is 5.99. The number of aryl methyl sites for hydroxylation is 1. The van der Waals surface area contributed by atoms with E-state index in [1.54, 1.807) is 4.90 Å². The molecule has 2 aliphatic rings. The van der Waals surface area contributed by atoms with Gasteiger partial charge >= 0.3 is 0 Å². The van der Waals surface area contributed by atoms with Crippen LogP contribution in [0.1, 0.15) is 35.4 Å². The van der Waals surface area contributed by atoms with Crippen LogP contribution in [0.25, 0.3) is 0 Å². The predicted octanol–water partition coefficient (Wildman–Crippen LogP) is 0.506. The number of amides is 1. The summed E-state index contributed by atoms with van der Waals surface area (Å²) in [7, 11) is 0.